The third kappa shape index (κ3) is 5.88. The number of carbonyl (C=O) groups is 1. The van der Waals surface area contributed by atoms with Crippen LogP contribution in [-0.4, -0.2) is 33.0 Å². The Bertz CT molecular complexity index is 822. The standard InChI is InChI=1S/C23H29N3O2/c1-17(20-14-10-7-11-15-20)26(16-19-12-8-6-9-13-19)18(2)21(25-24)22(27)28-23(3,4)5/h6-15,17-18H,16H2,1-5H3/t17-,18-/m0/s1. The molecular weight excluding hydrogens is 350 g/mol. The summed E-state index contributed by atoms with van der Waals surface area (Å²) in [6, 6.07) is 19.6. The molecule has 0 spiro atoms. The van der Waals surface area contributed by atoms with Gasteiger partial charge in [0.15, 0.2) is 0 Å². The number of carbonyl (C=O) groups excluding carboxylic acids is 1. The maximum atomic E-state index is 12.6. The number of hydrogen-bond donors (Lipinski definition) is 0. The minimum absolute atomic E-state index is 0.00408. The van der Waals surface area contributed by atoms with Gasteiger partial charge in [-0.1, -0.05) is 60.7 Å². The molecule has 5 nitrogen and oxygen atoms in total. The molecule has 2 aromatic rings. The Morgan fingerprint density at radius 2 is 1.57 bits per heavy atom. The van der Waals surface area contributed by atoms with Gasteiger partial charge in [0.2, 0.25) is 0 Å². The molecule has 0 unspecified atom stereocenters. The number of ether oxygens (including phenoxy) is 1. The van der Waals surface area contributed by atoms with Crippen molar-refractivity contribution in [1.82, 2.24) is 4.90 Å². The third-order valence-corrected chi connectivity index (χ3v) is 4.60. The molecular formula is C23H29N3O2. The molecule has 0 aliphatic carbocycles. The third-order valence-electron chi connectivity index (χ3n) is 4.60. The summed E-state index contributed by atoms with van der Waals surface area (Å²) < 4.78 is 5.44. The molecule has 0 heterocycles. The summed E-state index contributed by atoms with van der Waals surface area (Å²) in [5, 5.41) is 0. The van der Waals surface area contributed by atoms with Crippen LogP contribution in [0.15, 0.2) is 60.7 Å². The van der Waals surface area contributed by atoms with Crippen LogP contribution in [0.1, 0.15) is 51.8 Å². The average Bonchev–Trinajstić information content (AvgIpc) is 2.66. The second-order valence-electron chi connectivity index (χ2n) is 7.91. The van der Waals surface area contributed by atoms with Crippen molar-refractivity contribution in [2.45, 2.75) is 58.8 Å². The minimum Gasteiger partial charge on any atom is -0.451 e. The van der Waals surface area contributed by atoms with Crippen molar-refractivity contribution >= 4 is 11.7 Å². The van der Waals surface area contributed by atoms with Gasteiger partial charge in [0.05, 0.1) is 0 Å². The van der Waals surface area contributed by atoms with Crippen LogP contribution in [0.25, 0.3) is 5.53 Å². The van der Waals surface area contributed by atoms with Crippen LogP contribution in [0, 0.1) is 0 Å². The first-order valence-electron chi connectivity index (χ1n) is 9.53. The fraction of sp³-hybridized carbons (Fsp3) is 0.391. The second kappa shape index (κ2) is 9.45. The van der Waals surface area contributed by atoms with Gasteiger partial charge >= 0.3 is 11.7 Å². The van der Waals surface area contributed by atoms with Crippen molar-refractivity contribution in [3.8, 4) is 0 Å². The number of benzene rings is 2. The van der Waals surface area contributed by atoms with Crippen molar-refractivity contribution in [2.75, 3.05) is 0 Å². The SMILES string of the molecule is C[C@@H](C(=[N+]=[N-])C(=O)OC(C)(C)C)N(Cc1ccccc1)[C@@H](C)c1ccccc1. The summed E-state index contributed by atoms with van der Waals surface area (Å²) >= 11 is 0. The Hall–Kier alpha value is -2.75. The quantitative estimate of drug-likeness (QED) is 0.304. The molecule has 0 fully saturated rings. The Kier molecular flexibility index (Phi) is 7.27. The normalized spacial score (nSPS) is 13.5. The predicted molar refractivity (Wildman–Crippen MR) is 111 cm³/mol. The van der Waals surface area contributed by atoms with E-state index in [0.717, 1.165) is 11.1 Å². The van der Waals surface area contributed by atoms with Gasteiger partial charge in [-0.2, -0.15) is 4.79 Å². The van der Waals surface area contributed by atoms with Gasteiger partial charge in [-0.05, 0) is 45.7 Å². The smallest absolute Gasteiger partial charge is 0.419 e. The maximum Gasteiger partial charge on any atom is 0.419 e. The summed E-state index contributed by atoms with van der Waals surface area (Å²) in [7, 11) is 0. The van der Waals surface area contributed by atoms with E-state index in [1.54, 1.807) is 20.8 Å². The van der Waals surface area contributed by atoms with E-state index in [1.807, 2.05) is 55.5 Å². The summed E-state index contributed by atoms with van der Waals surface area (Å²) in [5.74, 6) is -0.610. The van der Waals surface area contributed by atoms with E-state index in [4.69, 9.17) is 4.74 Å². The van der Waals surface area contributed by atoms with Crippen molar-refractivity contribution in [1.29, 1.82) is 0 Å². The average molecular weight is 380 g/mol. The summed E-state index contributed by atoms with van der Waals surface area (Å²) in [5.41, 5.74) is 11.1. The van der Waals surface area contributed by atoms with E-state index in [-0.39, 0.29) is 11.8 Å². The maximum absolute atomic E-state index is 12.6. The minimum atomic E-state index is -0.665. The first-order chi connectivity index (χ1) is 13.2. The molecule has 2 rings (SSSR count). The Balaban J connectivity index is 2.36. The molecule has 5 heteroatoms. The molecule has 28 heavy (non-hydrogen) atoms. The van der Waals surface area contributed by atoms with Gasteiger partial charge in [0.1, 0.15) is 11.6 Å². The molecule has 0 N–H and O–H groups in total. The lowest BCUT2D eigenvalue weighted by Gasteiger charge is -2.33. The Morgan fingerprint density at radius 1 is 1.04 bits per heavy atom. The lowest BCUT2D eigenvalue weighted by atomic mass is 10.0. The Labute approximate surface area is 167 Å². The second-order valence-corrected chi connectivity index (χ2v) is 7.91. The lowest BCUT2D eigenvalue weighted by molar-refractivity contribution is -0.152. The van der Waals surface area contributed by atoms with Gasteiger partial charge in [-0.3, -0.25) is 4.90 Å². The van der Waals surface area contributed by atoms with Crippen molar-refractivity contribution in [2.24, 2.45) is 0 Å². The molecule has 0 aliphatic rings. The highest BCUT2D eigenvalue weighted by Crippen LogP contribution is 2.25. The van der Waals surface area contributed by atoms with Gasteiger partial charge in [-0.25, -0.2) is 4.79 Å². The van der Waals surface area contributed by atoms with Crippen molar-refractivity contribution in [3.05, 3.63) is 77.3 Å². The molecule has 2 aromatic carbocycles. The van der Waals surface area contributed by atoms with E-state index in [9.17, 15) is 10.3 Å². The van der Waals surface area contributed by atoms with E-state index in [2.05, 4.69) is 28.7 Å². The number of rotatable bonds is 7. The largest absolute Gasteiger partial charge is 0.451 e. The molecule has 2 atom stereocenters. The molecule has 0 radical (unpaired) electrons. The number of nitrogens with zero attached hydrogens (tertiary/aromatic N) is 3. The topological polar surface area (TPSA) is 65.9 Å². The van der Waals surface area contributed by atoms with Crippen LogP contribution in [-0.2, 0) is 16.1 Å². The zero-order chi connectivity index (χ0) is 20.7. The molecule has 0 bridgehead atoms. The fourth-order valence-corrected chi connectivity index (χ4v) is 3.11. The Morgan fingerprint density at radius 3 is 2.07 bits per heavy atom. The fourth-order valence-electron chi connectivity index (χ4n) is 3.11. The highest BCUT2D eigenvalue weighted by atomic mass is 16.6. The monoisotopic (exact) mass is 379 g/mol. The van der Waals surface area contributed by atoms with Crippen LogP contribution in [0.5, 0.6) is 0 Å². The first-order valence-corrected chi connectivity index (χ1v) is 9.53. The molecule has 0 saturated heterocycles. The van der Waals surface area contributed by atoms with E-state index >= 15 is 0 Å². The summed E-state index contributed by atoms with van der Waals surface area (Å²) in [6.07, 6.45) is 0. The molecule has 148 valence electrons. The zero-order valence-electron chi connectivity index (χ0n) is 17.3. The highest BCUT2D eigenvalue weighted by Gasteiger charge is 2.38. The zero-order valence-corrected chi connectivity index (χ0v) is 17.3. The molecule has 0 saturated carbocycles. The molecule has 0 amide bonds. The van der Waals surface area contributed by atoms with Crippen molar-refractivity contribution in [3.63, 3.8) is 0 Å². The van der Waals surface area contributed by atoms with Crippen LogP contribution in [0.4, 0.5) is 0 Å². The van der Waals surface area contributed by atoms with Crippen LogP contribution < -0.4 is 0 Å². The first kappa shape index (κ1) is 21.5. The van der Waals surface area contributed by atoms with Gasteiger partial charge in [-0.15, -0.1) is 0 Å². The summed E-state index contributed by atoms with van der Waals surface area (Å²) in [6.45, 7) is 9.91. The van der Waals surface area contributed by atoms with E-state index in [0.29, 0.717) is 6.54 Å². The van der Waals surface area contributed by atoms with Gasteiger partial charge in [0, 0.05) is 12.6 Å². The predicted octanol–water partition coefficient (Wildman–Crippen LogP) is 4.65. The number of esters is 1. The molecule has 0 aliphatic heterocycles. The van der Waals surface area contributed by atoms with E-state index < -0.39 is 17.6 Å². The van der Waals surface area contributed by atoms with Crippen LogP contribution in [0.3, 0.4) is 0 Å². The highest BCUT2D eigenvalue weighted by molar-refractivity contribution is 6.36. The van der Waals surface area contributed by atoms with Crippen LogP contribution in [0.2, 0.25) is 0 Å². The van der Waals surface area contributed by atoms with Gasteiger partial charge in [0.25, 0.3) is 0 Å². The van der Waals surface area contributed by atoms with Gasteiger partial charge < -0.3 is 10.3 Å². The lowest BCUT2D eigenvalue weighted by Crippen LogP contribution is -2.45. The summed E-state index contributed by atoms with van der Waals surface area (Å²) in [4.78, 5) is 18.0. The number of hydrogen-bond acceptors (Lipinski definition) is 3. The van der Waals surface area contributed by atoms with Crippen LogP contribution >= 0.6 is 0 Å². The van der Waals surface area contributed by atoms with Crippen molar-refractivity contribution < 1.29 is 14.3 Å². The van der Waals surface area contributed by atoms with E-state index in [1.165, 1.54) is 0 Å². The molecule has 0 aromatic heterocycles.